The molecule has 0 aliphatic heterocycles. The topological polar surface area (TPSA) is 17.1 Å². The van der Waals surface area contributed by atoms with Crippen LogP contribution in [0.15, 0.2) is 0 Å². The van der Waals surface area contributed by atoms with E-state index in [1.54, 1.807) is 0 Å². The van der Waals surface area contributed by atoms with Gasteiger partial charge in [0.2, 0.25) is 3.79 Å². The quantitative estimate of drug-likeness (QED) is 0.386. The molecule has 0 aromatic rings. The smallest absolute Gasteiger partial charge is 0.223 e. The molecule has 0 aromatic carbocycles. The Labute approximate surface area is 115 Å². The van der Waals surface area contributed by atoms with Crippen LogP contribution in [-0.2, 0) is 4.79 Å². The summed E-state index contributed by atoms with van der Waals surface area (Å²) in [5, 5.41) is 0. The lowest BCUT2D eigenvalue weighted by molar-refractivity contribution is -0.111. The number of unbranched alkanes of at least 4 members (excludes halogenated alkanes) is 2. The summed E-state index contributed by atoms with van der Waals surface area (Å²) in [6.45, 7) is 2.06. The minimum Gasteiger partial charge on any atom is -0.303 e. The lowest BCUT2D eigenvalue weighted by atomic mass is 9.99. The van der Waals surface area contributed by atoms with Gasteiger partial charge in [-0.2, -0.15) is 0 Å². The van der Waals surface area contributed by atoms with E-state index in [4.69, 9.17) is 58.0 Å². The highest BCUT2D eigenvalue weighted by molar-refractivity contribution is 6.75. The summed E-state index contributed by atoms with van der Waals surface area (Å²) in [6.07, 6.45) is 4.04. The summed E-state index contributed by atoms with van der Waals surface area (Å²) in [5.41, 5.74) is 0. The van der Waals surface area contributed by atoms with Crippen LogP contribution in [0.25, 0.3) is 0 Å². The van der Waals surface area contributed by atoms with Gasteiger partial charge in [0.05, 0.1) is 5.92 Å². The molecule has 90 valence electrons. The van der Waals surface area contributed by atoms with Crippen LogP contribution in [0.1, 0.15) is 32.6 Å². The van der Waals surface area contributed by atoms with Gasteiger partial charge in [-0.05, 0) is 6.42 Å². The van der Waals surface area contributed by atoms with Crippen molar-refractivity contribution in [3.05, 3.63) is 0 Å². The van der Waals surface area contributed by atoms with Gasteiger partial charge < -0.3 is 4.79 Å². The summed E-state index contributed by atoms with van der Waals surface area (Å²) in [5.74, 6) is -0.667. The van der Waals surface area contributed by atoms with Gasteiger partial charge in [-0.3, -0.25) is 0 Å². The molecule has 1 unspecified atom stereocenters. The van der Waals surface area contributed by atoms with Crippen LogP contribution in [0.5, 0.6) is 0 Å². The van der Waals surface area contributed by atoms with Gasteiger partial charge in [0, 0.05) is 0 Å². The molecule has 0 saturated heterocycles. The van der Waals surface area contributed by atoms with Gasteiger partial charge in [0.1, 0.15) is 6.29 Å². The molecule has 0 aliphatic rings. The Balaban J connectivity index is 4.45. The molecule has 0 bridgehead atoms. The van der Waals surface area contributed by atoms with E-state index in [9.17, 15) is 4.79 Å². The third kappa shape index (κ3) is 4.87. The average molecular weight is 314 g/mol. The van der Waals surface area contributed by atoms with E-state index in [1.165, 1.54) is 0 Å². The third-order valence-corrected chi connectivity index (χ3v) is 4.73. The highest BCUT2D eigenvalue weighted by Gasteiger charge is 2.51. The average Bonchev–Trinajstić information content (AvgIpc) is 2.10. The zero-order valence-electron chi connectivity index (χ0n) is 8.28. The van der Waals surface area contributed by atoms with E-state index in [-0.39, 0.29) is 0 Å². The summed E-state index contributed by atoms with van der Waals surface area (Å²) in [6, 6.07) is 0. The fourth-order valence-electron chi connectivity index (χ4n) is 1.16. The monoisotopic (exact) mass is 312 g/mol. The molecule has 0 rings (SSSR count). The van der Waals surface area contributed by atoms with Crippen molar-refractivity contribution in [1.82, 2.24) is 0 Å². The first-order valence-electron chi connectivity index (χ1n) is 4.67. The van der Waals surface area contributed by atoms with Crippen molar-refractivity contribution < 1.29 is 4.79 Å². The molecule has 0 aliphatic carbocycles. The van der Waals surface area contributed by atoms with Crippen molar-refractivity contribution >= 4 is 64.3 Å². The Morgan fingerprint density at radius 1 is 1.13 bits per heavy atom. The summed E-state index contributed by atoms with van der Waals surface area (Å²) in [4.78, 5) is 10.8. The minimum atomic E-state index is -1.87. The minimum absolute atomic E-state index is 0.526. The first-order chi connectivity index (χ1) is 6.77. The number of halogens is 5. The third-order valence-electron chi connectivity index (χ3n) is 2.13. The van der Waals surface area contributed by atoms with Gasteiger partial charge in [0.25, 0.3) is 0 Å². The Morgan fingerprint density at radius 2 is 1.67 bits per heavy atom. The SMILES string of the molecule is CCCCCC(C=O)C(Cl)(Cl)C(Cl)(Cl)Cl. The molecular formula is C9H13Cl5O. The molecular weight excluding hydrogens is 301 g/mol. The summed E-state index contributed by atoms with van der Waals surface area (Å²) >= 11 is 28.6. The highest BCUT2D eigenvalue weighted by atomic mass is 35.6. The Hall–Kier alpha value is 1.12. The normalized spacial score (nSPS) is 15.1. The van der Waals surface area contributed by atoms with Crippen LogP contribution < -0.4 is 0 Å². The van der Waals surface area contributed by atoms with Gasteiger partial charge >= 0.3 is 0 Å². The first kappa shape index (κ1) is 16.1. The zero-order chi connectivity index (χ0) is 12.1. The fraction of sp³-hybridized carbons (Fsp3) is 0.889. The second kappa shape index (κ2) is 6.76. The molecule has 0 radical (unpaired) electrons. The number of hydrogen-bond donors (Lipinski definition) is 0. The largest absolute Gasteiger partial charge is 0.303 e. The van der Waals surface area contributed by atoms with Crippen LogP contribution in [0.2, 0.25) is 0 Å². The number of alkyl halides is 5. The number of rotatable bonds is 6. The van der Waals surface area contributed by atoms with E-state index in [2.05, 4.69) is 6.92 Å². The van der Waals surface area contributed by atoms with Crippen LogP contribution in [-0.4, -0.2) is 14.4 Å². The predicted molar refractivity (Wildman–Crippen MR) is 68.4 cm³/mol. The van der Waals surface area contributed by atoms with Crippen molar-refractivity contribution in [2.24, 2.45) is 5.92 Å². The van der Waals surface area contributed by atoms with E-state index >= 15 is 0 Å². The van der Waals surface area contributed by atoms with Crippen molar-refractivity contribution in [2.45, 2.75) is 40.7 Å². The Bertz CT molecular complexity index is 199. The van der Waals surface area contributed by atoms with Gasteiger partial charge in [-0.15, -0.1) is 0 Å². The van der Waals surface area contributed by atoms with Gasteiger partial charge in [-0.25, -0.2) is 0 Å². The molecule has 0 aromatic heterocycles. The van der Waals surface area contributed by atoms with Crippen molar-refractivity contribution in [3.63, 3.8) is 0 Å². The van der Waals surface area contributed by atoms with Crippen LogP contribution in [0.3, 0.4) is 0 Å². The summed E-state index contributed by atoms with van der Waals surface area (Å²) in [7, 11) is 0. The Morgan fingerprint density at radius 3 is 2.00 bits per heavy atom. The maximum absolute atomic E-state index is 10.8. The Kier molecular flexibility index (Phi) is 7.26. The maximum atomic E-state index is 10.8. The molecule has 0 saturated carbocycles. The molecule has 0 N–H and O–H groups in total. The van der Waals surface area contributed by atoms with Crippen LogP contribution >= 0.6 is 58.0 Å². The zero-order valence-corrected chi connectivity index (χ0v) is 12.1. The maximum Gasteiger partial charge on any atom is 0.223 e. The second-order valence-electron chi connectivity index (χ2n) is 3.36. The van der Waals surface area contributed by atoms with E-state index in [0.717, 1.165) is 19.3 Å². The van der Waals surface area contributed by atoms with Crippen molar-refractivity contribution in [1.29, 1.82) is 0 Å². The lowest BCUT2D eigenvalue weighted by Crippen LogP contribution is -2.40. The molecule has 1 atom stereocenters. The van der Waals surface area contributed by atoms with Crippen molar-refractivity contribution in [2.75, 3.05) is 0 Å². The number of carbonyl (C=O) groups is 1. The predicted octanol–water partition coefficient (Wildman–Crippen LogP) is 4.93. The van der Waals surface area contributed by atoms with Gasteiger partial charge in [-0.1, -0.05) is 84.2 Å². The lowest BCUT2D eigenvalue weighted by Gasteiger charge is -2.32. The van der Waals surface area contributed by atoms with Gasteiger partial charge in [0.15, 0.2) is 4.33 Å². The fourth-order valence-corrected chi connectivity index (χ4v) is 1.90. The number of hydrogen-bond acceptors (Lipinski definition) is 1. The molecule has 0 fully saturated rings. The molecule has 0 heterocycles. The number of carbonyl (C=O) groups excluding carboxylic acids is 1. The molecule has 6 heteroatoms. The van der Waals surface area contributed by atoms with E-state index < -0.39 is 14.0 Å². The first-order valence-corrected chi connectivity index (χ1v) is 6.56. The van der Waals surface area contributed by atoms with E-state index in [1.807, 2.05) is 0 Å². The van der Waals surface area contributed by atoms with Crippen molar-refractivity contribution in [3.8, 4) is 0 Å². The molecule has 15 heavy (non-hydrogen) atoms. The van der Waals surface area contributed by atoms with Crippen LogP contribution in [0, 0.1) is 5.92 Å². The van der Waals surface area contributed by atoms with E-state index in [0.29, 0.717) is 12.7 Å². The van der Waals surface area contributed by atoms with Crippen LogP contribution in [0.4, 0.5) is 0 Å². The molecule has 0 spiro atoms. The second-order valence-corrected chi connectivity index (χ2v) is 7.03. The summed E-state index contributed by atoms with van der Waals surface area (Å²) < 4.78 is -3.54. The number of aldehydes is 1. The molecule has 0 amide bonds. The highest BCUT2D eigenvalue weighted by Crippen LogP contribution is 2.51. The molecule has 1 nitrogen and oxygen atoms in total. The standard InChI is InChI=1S/C9H13Cl5O/c1-2-3-4-5-7(6-15)8(10,11)9(12,13)14/h6-7H,2-5H2,1H3.